The van der Waals surface area contributed by atoms with E-state index < -0.39 is 7.42 Å². The predicted molar refractivity (Wildman–Crippen MR) is 63.4 cm³/mol. The van der Waals surface area contributed by atoms with Crippen LogP contribution in [0.25, 0.3) is 0 Å². The Morgan fingerprint density at radius 2 is 1.93 bits per heavy atom. The van der Waals surface area contributed by atoms with Crippen LogP contribution in [-0.2, 0) is 0 Å². The lowest BCUT2D eigenvalue weighted by Crippen LogP contribution is -2.08. The van der Waals surface area contributed by atoms with Crippen LogP contribution in [0.2, 0.25) is 5.54 Å². The van der Waals surface area contributed by atoms with Gasteiger partial charge in [0.15, 0.2) is 0 Å². The van der Waals surface area contributed by atoms with Gasteiger partial charge in [0.2, 0.25) is 0 Å². The summed E-state index contributed by atoms with van der Waals surface area (Å²) in [6.45, 7) is 2.74. The van der Waals surface area contributed by atoms with E-state index >= 15 is 0 Å². The minimum Gasteiger partial charge on any atom is -0.494 e. The molecule has 77 valence electrons. The van der Waals surface area contributed by atoms with E-state index in [1.165, 1.54) is 0 Å². The van der Waals surface area contributed by atoms with Gasteiger partial charge in [-0.2, -0.15) is 0 Å². The SMILES string of the molecule is CC(CCOc1ccccc1)[Si](Cl)Cl. The van der Waals surface area contributed by atoms with Crippen molar-refractivity contribution in [3.8, 4) is 5.75 Å². The van der Waals surface area contributed by atoms with Gasteiger partial charge in [0, 0.05) is 0 Å². The Morgan fingerprint density at radius 3 is 2.50 bits per heavy atom. The third-order valence-corrected chi connectivity index (χ3v) is 5.20. The summed E-state index contributed by atoms with van der Waals surface area (Å²) < 4.78 is 5.53. The number of hydrogen-bond donors (Lipinski definition) is 0. The summed E-state index contributed by atoms with van der Waals surface area (Å²) in [6.07, 6.45) is 0.913. The molecular formula is C10H13Cl2OSi. The van der Waals surface area contributed by atoms with Crippen LogP contribution in [0.5, 0.6) is 5.75 Å². The summed E-state index contributed by atoms with van der Waals surface area (Å²) in [5, 5.41) is 0. The van der Waals surface area contributed by atoms with Crippen LogP contribution in [0.1, 0.15) is 13.3 Å². The Balaban J connectivity index is 2.22. The summed E-state index contributed by atoms with van der Waals surface area (Å²) in [5.74, 6) is 0.901. The second kappa shape index (κ2) is 6.33. The van der Waals surface area contributed by atoms with Crippen molar-refractivity contribution in [3.63, 3.8) is 0 Å². The van der Waals surface area contributed by atoms with Crippen molar-refractivity contribution < 1.29 is 4.74 Å². The van der Waals surface area contributed by atoms with E-state index in [4.69, 9.17) is 26.9 Å². The fraction of sp³-hybridized carbons (Fsp3) is 0.400. The van der Waals surface area contributed by atoms with Crippen molar-refractivity contribution >= 4 is 29.6 Å². The first kappa shape index (κ1) is 11.9. The van der Waals surface area contributed by atoms with Crippen LogP contribution in [0.3, 0.4) is 0 Å². The third kappa shape index (κ3) is 4.36. The summed E-state index contributed by atoms with van der Waals surface area (Å²) in [7, 11) is -1.20. The van der Waals surface area contributed by atoms with Crippen LogP contribution in [0.4, 0.5) is 0 Å². The number of ether oxygens (including phenoxy) is 1. The summed E-state index contributed by atoms with van der Waals surface area (Å²) in [4.78, 5) is 0. The average molecular weight is 248 g/mol. The van der Waals surface area contributed by atoms with Crippen molar-refractivity contribution in [2.45, 2.75) is 18.9 Å². The Hall–Kier alpha value is -0.183. The molecular weight excluding hydrogens is 235 g/mol. The highest BCUT2D eigenvalue weighted by atomic mass is 35.7. The van der Waals surface area contributed by atoms with Gasteiger partial charge in [-0.05, 0) is 24.1 Å². The molecule has 1 atom stereocenters. The number of halogens is 2. The molecule has 1 radical (unpaired) electrons. The molecule has 1 aromatic carbocycles. The third-order valence-electron chi connectivity index (χ3n) is 1.94. The normalized spacial score (nSPS) is 12.9. The van der Waals surface area contributed by atoms with Crippen molar-refractivity contribution in [1.82, 2.24) is 0 Å². The lowest BCUT2D eigenvalue weighted by atomic mass is 10.3. The molecule has 0 fully saturated rings. The van der Waals surface area contributed by atoms with Gasteiger partial charge in [-0.1, -0.05) is 25.1 Å². The summed E-state index contributed by atoms with van der Waals surface area (Å²) in [5.41, 5.74) is 0.368. The number of para-hydroxylation sites is 1. The summed E-state index contributed by atoms with van der Waals surface area (Å²) in [6, 6.07) is 9.76. The van der Waals surface area contributed by atoms with Crippen LogP contribution < -0.4 is 4.74 Å². The predicted octanol–water partition coefficient (Wildman–Crippen LogP) is 3.81. The fourth-order valence-electron chi connectivity index (χ4n) is 0.979. The van der Waals surface area contributed by atoms with Crippen molar-refractivity contribution in [1.29, 1.82) is 0 Å². The second-order valence-corrected chi connectivity index (χ2v) is 7.73. The quantitative estimate of drug-likeness (QED) is 0.568. The highest BCUT2D eigenvalue weighted by Gasteiger charge is 2.14. The number of rotatable bonds is 5. The molecule has 0 aliphatic rings. The summed E-state index contributed by atoms with van der Waals surface area (Å²) >= 11 is 11.6. The Bertz CT molecular complexity index is 254. The molecule has 0 saturated carbocycles. The number of hydrogen-bond acceptors (Lipinski definition) is 1. The van der Waals surface area contributed by atoms with E-state index in [1.807, 2.05) is 30.3 Å². The smallest absolute Gasteiger partial charge is 0.276 e. The Labute approximate surface area is 96.0 Å². The molecule has 0 aliphatic carbocycles. The van der Waals surface area contributed by atoms with Crippen LogP contribution >= 0.6 is 22.2 Å². The van der Waals surface area contributed by atoms with Crippen LogP contribution in [0, 0.1) is 0 Å². The lowest BCUT2D eigenvalue weighted by Gasteiger charge is -2.10. The van der Waals surface area contributed by atoms with E-state index in [0.717, 1.165) is 12.2 Å². The van der Waals surface area contributed by atoms with E-state index in [-0.39, 0.29) is 0 Å². The zero-order valence-electron chi connectivity index (χ0n) is 8.04. The van der Waals surface area contributed by atoms with Crippen molar-refractivity contribution in [2.75, 3.05) is 6.61 Å². The molecule has 1 aromatic rings. The van der Waals surface area contributed by atoms with E-state index in [0.29, 0.717) is 12.1 Å². The molecule has 14 heavy (non-hydrogen) atoms. The van der Waals surface area contributed by atoms with Gasteiger partial charge < -0.3 is 4.74 Å². The van der Waals surface area contributed by atoms with Gasteiger partial charge in [-0.15, -0.1) is 22.2 Å². The van der Waals surface area contributed by atoms with E-state index in [9.17, 15) is 0 Å². The van der Waals surface area contributed by atoms with Gasteiger partial charge in [0.05, 0.1) is 6.61 Å². The maximum absolute atomic E-state index is 5.82. The van der Waals surface area contributed by atoms with Crippen LogP contribution in [0.15, 0.2) is 30.3 Å². The molecule has 0 spiro atoms. The maximum Gasteiger partial charge on any atom is 0.276 e. The van der Waals surface area contributed by atoms with Gasteiger partial charge in [-0.25, -0.2) is 0 Å². The zero-order chi connectivity index (χ0) is 10.4. The molecule has 0 heterocycles. The van der Waals surface area contributed by atoms with Crippen LogP contribution in [-0.4, -0.2) is 14.0 Å². The Morgan fingerprint density at radius 1 is 1.29 bits per heavy atom. The minimum atomic E-state index is -1.20. The van der Waals surface area contributed by atoms with E-state index in [1.54, 1.807) is 0 Å². The molecule has 0 aromatic heterocycles. The molecule has 0 aliphatic heterocycles. The molecule has 1 nitrogen and oxygen atoms in total. The van der Waals surface area contributed by atoms with Gasteiger partial charge in [0.1, 0.15) is 5.75 Å². The second-order valence-electron chi connectivity index (χ2n) is 3.14. The topological polar surface area (TPSA) is 9.23 Å². The Kier molecular flexibility index (Phi) is 5.37. The monoisotopic (exact) mass is 247 g/mol. The molecule has 1 rings (SSSR count). The molecule has 0 amide bonds. The maximum atomic E-state index is 5.82. The first-order valence-electron chi connectivity index (χ1n) is 4.56. The minimum absolute atomic E-state index is 0.368. The molecule has 4 heteroatoms. The zero-order valence-corrected chi connectivity index (χ0v) is 10.6. The van der Waals surface area contributed by atoms with Crippen molar-refractivity contribution in [2.24, 2.45) is 0 Å². The molecule has 0 saturated heterocycles. The van der Waals surface area contributed by atoms with Crippen molar-refractivity contribution in [3.05, 3.63) is 30.3 Å². The van der Waals surface area contributed by atoms with Gasteiger partial charge >= 0.3 is 0 Å². The average Bonchev–Trinajstić information content (AvgIpc) is 2.19. The molecule has 1 unspecified atom stereocenters. The first-order valence-corrected chi connectivity index (χ1v) is 8.16. The molecule has 0 N–H and O–H groups in total. The first-order chi connectivity index (χ1) is 6.70. The highest BCUT2D eigenvalue weighted by molar-refractivity contribution is 7.34. The van der Waals surface area contributed by atoms with Gasteiger partial charge in [0.25, 0.3) is 7.42 Å². The largest absolute Gasteiger partial charge is 0.494 e. The lowest BCUT2D eigenvalue weighted by molar-refractivity contribution is 0.309. The highest BCUT2D eigenvalue weighted by Crippen LogP contribution is 2.20. The fourth-order valence-corrected chi connectivity index (χ4v) is 1.97. The molecule has 0 bridgehead atoms. The standard InChI is InChI=1S/C10H13Cl2OSi/c1-9(14(11)12)7-8-13-10-5-3-2-4-6-10/h2-6,9H,7-8H2,1H3. The van der Waals surface area contributed by atoms with E-state index in [2.05, 4.69) is 6.92 Å². The van der Waals surface area contributed by atoms with Gasteiger partial charge in [-0.3, -0.25) is 0 Å². The number of benzene rings is 1.